The molecule has 2 bridgehead atoms. The van der Waals surface area contributed by atoms with Gasteiger partial charge in [-0.2, -0.15) is 0 Å². The molecule has 0 unspecified atom stereocenters. The Balaban J connectivity index is 1.46. The summed E-state index contributed by atoms with van der Waals surface area (Å²) in [5, 5.41) is 18.1. The summed E-state index contributed by atoms with van der Waals surface area (Å²) in [5.74, 6) is -2.97. The van der Waals surface area contributed by atoms with Gasteiger partial charge in [-0.1, -0.05) is 42.5 Å². The van der Waals surface area contributed by atoms with Crippen LogP contribution in [0.1, 0.15) is 36.0 Å². The highest BCUT2D eigenvalue weighted by atomic mass is 32.1. The summed E-state index contributed by atoms with van der Waals surface area (Å²) in [6.07, 6.45) is 7.49. The number of carboxylic acid groups (broad SMARTS) is 1. The van der Waals surface area contributed by atoms with Crippen molar-refractivity contribution in [3.05, 3.63) is 53.4 Å². The van der Waals surface area contributed by atoms with E-state index < -0.39 is 17.8 Å². The van der Waals surface area contributed by atoms with E-state index in [1.54, 1.807) is 0 Å². The van der Waals surface area contributed by atoms with Gasteiger partial charge in [0.15, 0.2) is 0 Å². The number of anilines is 1. The highest BCUT2D eigenvalue weighted by Gasteiger charge is 2.48. The molecule has 160 valence electrons. The zero-order chi connectivity index (χ0) is 21.5. The van der Waals surface area contributed by atoms with E-state index in [4.69, 9.17) is 0 Å². The first kappa shape index (κ1) is 20.0. The lowest BCUT2D eigenvalue weighted by molar-refractivity contribution is -0.151. The molecule has 4 atom stereocenters. The summed E-state index contributed by atoms with van der Waals surface area (Å²) in [4.78, 5) is 38.3. The maximum atomic E-state index is 13.3. The van der Waals surface area contributed by atoms with Crippen molar-refractivity contribution in [2.45, 2.75) is 31.7 Å². The van der Waals surface area contributed by atoms with Gasteiger partial charge in [-0.3, -0.25) is 14.4 Å². The van der Waals surface area contributed by atoms with E-state index in [2.05, 4.69) is 10.6 Å². The van der Waals surface area contributed by atoms with E-state index >= 15 is 0 Å². The summed E-state index contributed by atoms with van der Waals surface area (Å²) >= 11 is 1.31. The first-order valence-corrected chi connectivity index (χ1v) is 11.6. The maximum absolute atomic E-state index is 13.3. The lowest BCUT2D eigenvalue weighted by Gasteiger charge is -2.41. The molecule has 4 aliphatic rings. The van der Waals surface area contributed by atoms with Crippen molar-refractivity contribution in [3.63, 3.8) is 0 Å². The minimum absolute atomic E-state index is 0.0802. The van der Waals surface area contributed by atoms with Gasteiger partial charge in [-0.25, -0.2) is 0 Å². The number of carbonyl (C=O) groups excluding carboxylic acids is 2. The smallest absolute Gasteiger partial charge is 0.307 e. The molecule has 3 N–H and O–H groups in total. The number of fused-ring (bicyclic) bond motifs is 2. The van der Waals surface area contributed by atoms with Gasteiger partial charge in [-0.05, 0) is 43.1 Å². The average Bonchev–Trinajstić information content (AvgIpc) is 3.50. The predicted octanol–water partition coefficient (Wildman–Crippen LogP) is 4.16. The first-order chi connectivity index (χ1) is 15.0. The normalized spacial score (nSPS) is 26.5. The molecule has 2 saturated carbocycles. The fraction of sp³-hybridized carbons (Fsp3) is 0.375. The third-order valence-corrected chi connectivity index (χ3v) is 7.48. The van der Waals surface area contributed by atoms with E-state index in [0.717, 1.165) is 36.8 Å². The van der Waals surface area contributed by atoms with Crippen molar-refractivity contribution >= 4 is 34.1 Å². The molecule has 2 aromatic rings. The number of aliphatic carboxylic acids is 1. The average molecular weight is 437 g/mol. The lowest BCUT2D eigenvalue weighted by atomic mass is 9.62. The molecular weight excluding hydrogens is 412 g/mol. The Labute approximate surface area is 184 Å². The first-order valence-electron chi connectivity index (χ1n) is 10.7. The number of carbonyl (C=O) groups is 3. The number of allylic oxidation sites excluding steroid dienone is 2. The second-order valence-electron chi connectivity index (χ2n) is 8.64. The minimum atomic E-state index is -0.929. The quantitative estimate of drug-likeness (QED) is 0.593. The molecule has 7 heteroatoms. The second kappa shape index (κ2) is 7.96. The Morgan fingerprint density at radius 1 is 0.935 bits per heavy atom. The van der Waals surface area contributed by atoms with Gasteiger partial charge < -0.3 is 15.7 Å². The highest BCUT2D eigenvalue weighted by Crippen LogP contribution is 2.46. The molecule has 0 aliphatic heterocycles. The third-order valence-electron chi connectivity index (χ3n) is 6.59. The zero-order valence-corrected chi connectivity index (χ0v) is 17.7. The van der Waals surface area contributed by atoms with E-state index in [1.807, 2.05) is 47.9 Å². The summed E-state index contributed by atoms with van der Waals surface area (Å²) in [6.45, 7) is 0. The number of rotatable bonds is 6. The number of benzene rings is 1. The van der Waals surface area contributed by atoms with Crippen LogP contribution in [0.25, 0.3) is 11.1 Å². The monoisotopic (exact) mass is 436 g/mol. The fourth-order valence-corrected chi connectivity index (χ4v) is 5.84. The third kappa shape index (κ3) is 3.78. The van der Waals surface area contributed by atoms with Crippen LogP contribution in [0.4, 0.5) is 5.00 Å². The van der Waals surface area contributed by atoms with E-state index in [1.165, 1.54) is 11.3 Å². The van der Waals surface area contributed by atoms with Crippen LogP contribution in [0, 0.1) is 23.7 Å². The summed E-state index contributed by atoms with van der Waals surface area (Å²) < 4.78 is 0. The second-order valence-corrected chi connectivity index (χ2v) is 9.52. The van der Waals surface area contributed by atoms with Crippen LogP contribution in [0.2, 0.25) is 0 Å². The molecule has 31 heavy (non-hydrogen) atoms. The van der Waals surface area contributed by atoms with Crippen molar-refractivity contribution in [2.24, 2.45) is 23.7 Å². The predicted molar refractivity (Wildman–Crippen MR) is 119 cm³/mol. The number of carboxylic acids is 1. The molecule has 6 rings (SSSR count). The van der Waals surface area contributed by atoms with Gasteiger partial charge in [0.05, 0.1) is 17.4 Å². The molecule has 4 aliphatic carbocycles. The fourth-order valence-electron chi connectivity index (χ4n) is 4.87. The van der Waals surface area contributed by atoms with Gasteiger partial charge >= 0.3 is 5.97 Å². The van der Waals surface area contributed by atoms with Gasteiger partial charge in [0, 0.05) is 17.0 Å². The molecule has 1 heterocycles. The standard InChI is InChI=1S/C24H24N2O4S/c27-21(18-14-6-8-15(9-7-14)19(18)24(29)30)26-23-20(22(28)25-16-10-11-16)17(12-31-23)13-4-2-1-3-5-13/h1-6,8,12,14-16,18-19H,7,9-11H2,(H,25,28)(H,26,27)(H,29,30)/t14-,15+,18-,19+/m0/s1. The molecule has 2 amide bonds. The van der Waals surface area contributed by atoms with Crippen molar-refractivity contribution in [1.82, 2.24) is 5.32 Å². The van der Waals surface area contributed by atoms with E-state index in [9.17, 15) is 19.5 Å². The molecule has 2 fully saturated rings. The maximum Gasteiger partial charge on any atom is 0.307 e. The van der Waals surface area contributed by atoms with E-state index in [0.29, 0.717) is 10.6 Å². The number of hydrogen-bond acceptors (Lipinski definition) is 4. The Bertz CT molecular complexity index is 1060. The Hall–Kier alpha value is -2.93. The Kier molecular flexibility index (Phi) is 5.14. The lowest BCUT2D eigenvalue weighted by Crippen LogP contribution is -2.47. The number of hydrogen-bond donors (Lipinski definition) is 3. The van der Waals surface area contributed by atoms with Crippen LogP contribution in [0.5, 0.6) is 0 Å². The van der Waals surface area contributed by atoms with Crippen LogP contribution >= 0.6 is 11.3 Å². The van der Waals surface area contributed by atoms with Gasteiger partial charge in [0.2, 0.25) is 5.91 Å². The molecule has 1 aromatic carbocycles. The van der Waals surface area contributed by atoms with E-state index in [-0.39, 0.29) is 29.7 Å². The molecule has 0 saturated heterocycles. The van der Waals surface area contributed by atoms with Gasteiger partial charge in [-0.15, -0.1) is 11.3 Å². The van der Waals surface area contributed by atoms with Crippen LogP contribution < -0.4 is 10.6 Å². The van der Waals surface area contributed by atoms with Crippen LogP contribution in [-0.2, 0) is 9.59 Å². The van der Waals surface area contributed by atoms with Gasteiger partial charge in [0.25, 0.3) is 5.91 Å². The molecule has 6 nitrogen and oxygen atoms in total. The minimum Gasteiger partial charge on any atom is -0.481 e. The number of nitrogens with one attached hydrogen (secondary N) is 2. The number of thiophene rings is 1. The zero-order valence-electron chi connectivity index (χ0n) is 16.9. The SMILES string of the molecule is O=C(NC1CC1)c1c(-c2ccccc2)csc1NC(=O)[C@@H]1[C@H](C(=O)O)[C@@H]2C=C[C@H]1CC2. The summed E-state index contributed by atoms with van der Waals surface area (Å²) in [7, 11) is 0. The molecular formula is C24H24N2O4S. The van der Waals surface area contributed by atoms with Crippen LogP contribution in [0.15, 0.2) is 47.9 Å². The van der Waals surface area contributed by atoms with Crippen molar-refractivity contribution in [2.75, 3.05) is 5.32 Å². The highest BCUT2D eigenvalue weighted by molar-refractivity contribution is 7.15. The Morgan fingerprint density at radius 3 is 2.23 bits per heavy atom. The topological polar surface area (TPSA) is 95.5 Å². The molecule has 0 spiro atoms. The molecule has 1 aromatic heterocycles. The van der Waals surface area contributed by atoms with Crippen LogP contribution in [0.3, 0.4) is 0 Å². The molecule has 0 radical (unpaired) electrons. The van der Waals surface area contributed by atoms with Crippen molar-refractivity contribution in [1.29, 1.82) is 0 Å². The largest absolute Gasteiger partial charge is 0.481 e. The van der Waals surface area contributed by atoms with Crippen LogP contribution in [-0.4, -0.2) is 28.9 Å². The summed E-state index contributed by atoms with van der Waals surface area (Å²) in [5.41, 5.74) is 2.14. The van der Waals surface area contributed by atoms with Crippen molar-refractivity contribution < 1.29 is 19.5 Å². The summed E-state index contributed by atoms with van der Waals surface area (Å²) in [6, 6.07) is 9.81. The van der Waals surface area contributed by atoms with Gasteiger partial charge in [0.1, 0.15) is 5.00 Å². The number of amides is 2. The van der Waals surface area contributed by atoms with Crippen molar-refractivity contribution in [3.8, 4) is 11.1 Å². The Morgan fingerprint density at radius 2 is 1.61 bits per heavy atom.